The van der Waals surface area contributed by atoms with Gasteiger partial charge in [-0.25, -0.2) is 0 Å². The van der Waals surface area contributed by atoms with Gasteiger partial charge >= 0.3 is 6.18 Å². The van der Waals surface area contributed by atoms with E-state index >= 15 is 0 Å². The van der Waals surface area contributed by atoms with Crippen molar-refractivity contribution in [3.63, 3.8) is 0 Å². The predicted molar refractivity (Wildman–Crippen MR) is 84.6 cm³/mol. The highest BCUT2D eigenvalue weighted by atomic mass is 35.5. The van der Waals surface area contributed by atoms with Gasteiger partial charge in [0.15, 0.2) is 0 Å². The third-order valence-electron chi connectivity index (χ3n) is 3.41. The van der Waals surface area contributed by atoms with E-state index in [-0.39, 0.29) is 16.5 Å². The maximum Gasteiger partial charge on any atom is 0.417 e. The van der Waals surface area contributed by atoms with Gasteiger partial charge in [0.25, 0.3) is 5.91 Å². The summed E-state index contributed by atoms with van der Waals surface area (Å²) in [6, 6.07) is 8.75. The van der Waals surface area contributed by atoms with Crippen LogP contribution in [-0.4, -0.2) is 12.5 Å². The predicted octanol–water partition coefficient (Wildman–Crippen LogP) is 5.08. The molecule has 0 aliphatic carbocycles. The van der Waals surface area contributed by atoms with Crippen molar-refractivity contribution in [2.24, 2.45) is 0 Å². The number of amides is 1. The SMILES string of the molecule is CCNC(=O)c1cccc(-c2c(C)ccc(C(F)(F)F)c2Cl)c1. The van der Waals surface area contributed by atoms with Crippen molar-refractivity contribution in [2.45, 2.75) is 20.0 Å². The van der Waals surface area contributed by atoms with Crippen LogP contribution in [0, 0.1) is 6.92 Å². The number of benzene rings is 2. The molecule has 1 amide bonds. The summed E-state index contributed by atoms with van der Waals surface area (Å²) < 4.78 is 39.1. The van der Waals surface area contributed by atoms with Gasteiger partial charge in [-0.1, -0.05) is 29.8 Å². The van der Waals surface area contributed by atoms with Crippen LogP contribution in [-0.2, 0) is 6.18 Å². The number of nitrogens with one attached hydrogen (secondary N) is 1. The first-order valence-electron chi connectivity index (χ1n) is 7.00. The van der Waals surface area contributed by atoms with E-state index in [1.165, 1.54) is 6.07 Å². The second-order valence-electron chi connectivity index (χ2n) is 5.06. The molecule has 2 aromatic carbocycles. The zero-order valence-electron chi connectivity index (χ0n) is 12.6. The van der Waals surface area contributed by atoms with Crippen molar-refractivity contribution in [3.05, 3.63) is 58.1 Å². The average Bonchev–Trinajstić information content (AvgIpc) is 2.46. The Morgan fingerprint density at radius 3 is 2.52 bits per heavy atom. The molecule has 0 fully saturated rings. The summed E-state index contributed by atoms with van der Waals surface area (Å²) >= 11 is 6.01. The van der Waals surface area contributed by atoms with Crippen molar-refractivity contribution in [3.8, 4) is 11.1 Å². The first-order valence-corrected chi connectivity index (χ1v) is 7.38. The monoisotopic (exact) mass is 341 g/mol. The summed E-state index contributed by atoms with van der Waals surface area (Å²) in [5.41, 5.74) is 0.853. The minimum atomic E-state index is -4.53. The first kappa shape index (κ1) is 17.3. The lowest BCUT2D eigenvalue weighted by molar-refractivity contribution is -0.137. The van der Waals surface area contributed by atoms with Crippen LogP contribution in [0.4, 0.5) is 13.2 Å². The zero-order chi connectivity index (χ0) is 17.2. The molecule has 23 heavy (non-hydrogen) atoms. The molecule has 0 aliphatic heterocycles. The summed E-state index contributed by atoms with van der Waals surface area (Å²) in [6.45, 7) is 3.93. The van der Waals surface area contributed by atoms with Crippen molar-refractivity contribution in [1.29, 1.82) is 0 Å². The second kappa shape index (κ2) is 6.62. The van der Waals surface area contributed by atoms with Crippen molar-refractivity contribution >= 4 is 17.5 Å². The fraction of sp³-hybridized carbons (Fsp3) is 0.235. The number of halogens is 4. The number of rotatable bonds is 3. The van der Waals surface area contributed by atoms with Crippen LogP contribution in [0.5, 0.6) is 0 Å². The molecule has 0 radical (unpaired) electrons. The molecule has 0 unspecified atom stereocenters. The first-order chi connectivity index (χ1) is 10.8. The van der Waals surface area contributed by atoms with Gasteiger partial charge in [-0.2, -0.15) is 13.2 Å². The topological polar surface area (TPSA) is 29.1 Å². The third-order valence-corrected chi connectivity index (χ3v) is 3.80. The van der Waals surface area contributed by atoms with E-state index in [2.05, 4.69) is 5.32 Å². The highest BCUT2D eigenvalue weighted by Crippen LogP contribution is 2.41. The molecule has 2 rings (SSSR count). The lowest BCUT2D eigenvalue weighted by Gasteiger charge is -2.15. The molecule has 0 heterocycles. The van der Waals surface area contributed by atoms with Crippen molar-refractivity contribution in [1.82, 2.24) is 5.32 Å². The van der Waals surface area contributed by atoms with Crippen LogP contribution in [0.2, 0.25) is 5.02 Å². The summed E-state index contributed by atoms with van der Waals surface area (Å²) in [5.74, 6) is -0.282. The Balaban J connectivity index is 2.59. The number of carbonyl (C=O) groups excluding carboxylic acids is 1. The molecule has 122 valence electrons. The normalized spacial score (nSPS) is 11.4. The number of hydrogen-bond donors (Lipinski definition) is 1. The standard InChI is InChI=1S/C17H15ClF3NO/c1-3-22-16(23)12-6-4-5-11(9-12)14-10(2)7-8-13(15(14)18)17(19,20)21/h4-9H,3H2,1-2H3,(H,22,23). The van der Waals surface area contributed by atoms with Crippen LogP contribution in [0.25, 0.3) is 11.1 Å². The third kappa shape index (κ3) is 3.67. The number of carbonyl (C=O) groups is 1. The molecular weight excluding hydrogens is 327 g/mol. The van der Waals surface area contributed by atoms with Gasteiger partial charge < -0.3 is 5.32 Å². The second-order valence-corrected chi connectivity index (χ2v) is 5.43. The summed E-state index contributed by atoms with van der Waals surface area (Å²) in [5, 5.41) is 2.30. The van der Waals surface area contributed by atoms with Crippen LogP contribution in [0.3, 0.4) is 0 Å². The van der Waals surface area contributed by atoms with E-state index in [4.69, 9.17) is 11.6 Å². The van der Waals surface area contributed by atoms with Crippen molar-refractivity contribution in [2.75, 3.05) is 6.54 Å². The molecular formula is C17H15ClF3NO. The Hall–Kier alpha value is -2.01. The van der Waals surface area contributed by atoms with Gasteiger partial charge in [-0.05, 0) is 43.2 Å². The highest BCUT2D eigenvalue weighted by Gasteiger charge is 2.34. The fourth-order valence-electron chi connectivity index (χ4n) is 2.32. The molecule has 0 atom stereocenters. The van der Waals surface area contributed by atoms with Gasteiger partial charge in [0.1, 0.15) is 0 Å². The van der Waals surface area contributed by atoms with Gasteiger partial charge in [-0.3, -0.25) is 4.79 Å². The maximum atomic E-state index is 13.0. The summed E-state index contributed by atoms with van der Waals surface area (Å²) in [4.78, 5) is 11.9. The zero-order valence-corrected chi connectivity index (χ0v) is 13.3. The van der Waals surface area contributed by atoms with Crippen LogP contribution >= 0.6 is 11.6 Å². The molecule has 0 saturated carbocycles. The minimum absolute atomic E-state index is 0.282. The molecule has 0 spiro atoms. The number of aryl methyl sites for hydroxylation is 1. The number of hydrogen-bond acceptors (Lipinski definition) is 1. The molecule has 0 saturated heterocycles. The smallest absolute Gasteiger partial charge is 0.352 e. The lowest BCUT2D eigenvalue weighted by atomic mass is 9.96. The van der Waals surface area contributed by atoms with Crippen molar-refractivity contribution < 1.29 is 18.0 Å². The van der Waals surface area contributed by atoms with E-state index in [1.54, 1.807) is 38.1 Å². The van der Waals surface area contributed by atoms with E-state index in [9.17, 15) is 18.0 Å². The number of alkyl halides is 3. The lowest BCUT2D eigenvalue weighted by Crippen LogP contribution is -2.22. The Kier molecular flexibility index (Phi) is 5.00. The van der Waals surface area contributed by atoms with Gasteiger partial charge in [0.2, 0.25) is 0 Å². The Bertz CT molecular complexity index is 741. The molecule has 6 heteroatoms. The van der Waals surface area contributed by atoms with Gasteiger partial charge in [0, 0.05) is 17.7 Å². The Morgan fingerprint density at radius 1 is 1.22 bits per heavy atom. The summed E-state index contributed by atoms with van der Waals surface area (Å²) in [6.07, 6.45) is -4.53. The molecule has 0 bridgehead atoms. The van der Waals surface area contributed by atoms with Crippen LogP contribution in [0.1, 0.15) is 28.4 Å². The summed E-state index contributed by atoms with van der Waals surface area (Å²) in [7, 11) is 0. The van der Waals surface area contributed by atoms with Gasteiger partial charge in [-0.15, -0.1) is 0 Å². The van der Waals surface area contributed by atoms with Crippen LogP contribution < -0.4 is 5.32 Å². The molecule has 2 nitrogen and oxygen atoms in total. The minimum Gasteiger partial charge on any atom is -0.352 e. The van der Waals surface area contributed by atoms with Crippen LogP contribution in [0.15, 0.2) is 36.4 Å². The molecule has 0 aromatic heterocycles. The quantitative estimate of drug-likeness (QED) is 0.828. The van der Waals surface area contributed by atoms with E-state index in [1.807, 2.05) is 0 Å². The maximum absolute atomic E-state index is 13.0. The largest absolute Gasteiger partial charge is 0.417 e. The average molecular weight is 342 g/mol. The highest BCUT2D eigenvalue weighted by molar-refractivity contribution is 6.34. The van der Waals surface area contributed by atoms with E-state index in [0.29, 0.717) is 23.2 Å². The van der Waals surface area contributed by atoms with E-state index < -0.39 is 11.7 Å². The van der Waals surface area contributed by atoms with E-state index in [0.717, 1.165) is 6.07 Å². The Morgan fingerprint density at radius 2 is 1.91 bits per heavy atom. The molecule has 0 aliphatic rings. The molecule has 1 N–H and O–H groups in total. The fourth-order valence-corrected chi connectivity index (χ4v) is 2.75. The Labute approximate surface area is 137 Å². The molecule has 2 aromatic rings. The van der Waals surface area contributed by atoms with Gasteiger partial charge in [0.05, 0.1) is 10.6 Å².